The Kier molecular flexibility index (Phi) is 8.58. The van der Waals surface area contributed by atoms with Gasteiger partial charge in [-0.15, -0.1) is 0 Å². The summed E-state index contributed by atoms with van der Waals surface area (Å²) in [6, 6.07) is 24.1. The number of sulfonamides is 1. The molecule has 0 bridgehead atoms. The molecular weight excluding hydrogens is 585 g/mol. The highest BCUT2D eigenvalue weighted by atomic mass is 35.5. The number of rotatable bonds is 10. The Hall–Kier alpha value is -3.92. The highest BCUT2D eigenvalue weighted by Crippen LogP contribution is 2.32. The molecule has 0 saturated carbocycles. The van der Waals surface area contributed by atoms with E-state index in [9.17, 15) is 13.2 Å². The predicted octanol–water partition coefficient (Wildman–Crippen LogP) is 7.40. The third-order valence-electron chi connectivity index (χ3n) is 6.27. The van der Waals surface area contributed by atoms with E-state index in [-0.39, 0.29) is 27.2 Å². The number of halogens is 2. The van der Waals surface area contributed by atoms with E-state index in [4.69, 9.17) is 32.5 Å². The van der Waals surface area contributed by atoms with Gasteiger partial charge in [-0.3, -0.25) is 9.10 Å². The zero-order valence-electron chi connectivity index (χ0n) is 22.0. The Morgan fingerprint density at radius 1 is 0.902 bits per heavy atom. The van der Waals surface area contributed by atoms with Crippen molar-refractivity contribution in [3.05, 3.63) is 95.0 Å². The van der Waals surface area contributed by atoms with Gasteiger partial charge in [-0.25, -0.2) is 8.42 Å². The molecule has 11 heteroatoms. The lowest BCUT2D eigenvalue weighted by molar-refractivity contribution is -0.141. The van der Waals surface area contributed by atoms with Crippen LogP contribution in [0.2, 0.25) is 10.0 Å². The van der Waals surface area contributed by atoms with Crippen molar-refractivity contribution in [3.63, 3.8) is 0 Å². The summed E-state index contributed by atoms with van der Waals surface area (Å²) < 4.78 is 39.3. The van der Waals surface area contributed by atoms with Crippen LogP contribution in [-0.2, 0) is 19.6 Å². The fraction of sp³-hybridized carbons (Fsp3) is 0.167. The van der Waals surface area contributed by atoms with Gasteiger partial charge in [0.1, 0.15) is 6.54 Å². The molecule has 5 rings (SSSR count). The third kappa shape index (κ3) is 6.53. The van der Waals surface area contributed by atoms with Crippen molar-refractivity contribution in [1.82, 2.24) is 10.1 Å². The van der Waals surface area contributed by atoms with Gasteiger partial charge in [0.15, 0.2) is 0 Å². The lowest BCUT2D eigenvalue weighted by atomic mass is 10.1. The largest absolute Gasteiger partial charge is 0.464 e. The van der Waals surface area contributed by atoms with Crippen molar-refractivity contribution in [2.75, 3.05) is 17.5 Å². The van der Waals surface area contributed by atoms with Gasteiger partial charge in [0, 0.05) is 21.2 Å². The van der Waals surface area contributed by atoms with Gasteiger partial charge in [-0.2, -0.15) is 4.98 Å². The summed E-state index contributed by atoms with van der Waals surface area (Å²) in [4.78, 5) is 17.0. The third-order valence-corrected chi connectivity index (χ3v) is 8.46. The summed E-state index contributed by atoms with van der Waals surface area (Å²) in [5.74, 6) is 0.159. The Bertz CT molecular complexity index is 1790. The van der Waals surface area contributed by atoms with Crippen LogP contribution in [0.3, 0.4) is 0 Å². The fourth-order valence-electron chi connectivity index (χ4n) is 4.18. The number of benzene rings is 4. The van der Waals surface area contributed by atoms with E-state index in [0.29, 0.717) is 23.7 Å². The molecule has 0 radical (unpaired) electrons. The van der Waals surface area contributed by atoms with E-state index in [1.54, 1.807) is 18.2 Å². The first-order valence-electron chi connectivity index (χ1n) is 12.8. The van der Waals surface area contributed by atoms with Crippen LogP contribution in [0.15, 0.2) is 94.3 Å². The molecule has 210 valence electrons. The number of anilines is 1. The molecule has 0 N–H and O–H groups in total. The maximum atomic E-state index is 13.8. The minimum atomic E-state index is -4.24. The highest BCUT2D eigenvalue weighted by molar-refractivity contribution is 7.92. The molecule has 0 saturated heterocycles. The van der Waals surface area contributed by atoms with Gasteiger partial charge >= 0.3 is 5.97 Å². The van der Waals surface area contributed by atoms with Gasteiger partial charge in [0.2, 0.25) is 5.82 Å². The van der Waals surface area contributed by atoms with Crippen LogP contribution in [0, 0.1) is 0 Å². The number of nitrogens with zero attached hydrogens (tertiary/aromatic N) is 3. The van der Waals surface area contributed by atoms with Crippen LogP contribution in [0.25, 0.3) is 33.6 Å². The maximum Gasteiger partial charge on any atom is 0.326 e. The average Bonchev–Trinajstić information content (AvgIpc) is 3.46. The van der Waals surface area contributed by atoms with Gasteiger partial charge < -0.3 is 9.26 Å². The molecule has 5 aromatic rings. The minimum absolute atomic E-state index is 0.141. The lowest BCUT2D eigenvalue weighted by Gasteiger charge is -2.24. The van der Waals surface area contributed by atoms with Gasteiger partial charge in [-0.05, 0) is 59.7 Å². The summed E-state index contributed by atoms with van der Waals surface area (Å²) in [6.07, 6.45) is 1.51. The number of hydrogen-bond donors (Lipinski definition) is 0. The quantitative estimate of drug-likeness (QED) is 0.120. The predicted molar refractivity (Wildman–Crippen MR) is 160 cm³/mol. The number of hydrogen-bond acceptors (Lipinski definition) is 7. The van der Waals surface area contributed by atoms with Crippen molar-refractivity contribution in [3.8, 4) is 22.8 Å². The molecule has 0 aliphatic carbocycles. The van der Waals surface area contributed by atoms with Crippen molar-refractivity contribution in [2.24, 2.45) is 0 Å². The molecule has 4 aromatic carbocycles. The molecule has 8 nitrogen and oxygen atoms in total. The SMILES string of the molecule is CCCCOC(=O)CN(c1ccc2cc(-c3nc(-c4ccccc4)no3)ccc2c1)S(=O)(=O)c1cc(Cl)cc(Cl)c1. The number of ether oxygens (including phenoxy) is 1. The van der Waals surface area contributed by atoms with E-state index in [2.05, 4.69) is 10.1 Å². The highest BCUT2D eigenvalue weighted by Gasteiger charge is 2.29. The van der Waals surface area contributed by atoms with Gasteiger partial charge in [0.05, 0.1) is 17.2 Å². The molecule has 0 atom stereocenters. The van der Waals surface area contributed by atoms with Crippen molar-refractivity contribution < 1.29 is 22.5 Å². The number of esters is 1. The van der Waals surface area contributed by atoms with Gasteiger partial charge in [-0.1, -0.05) is 84.2 Å². The van der Waals surface area contributed by atoms with Crippen molar-refractivity contribution in [1.29, 1.82) is 0 Å². The van der Waals surface area contributed by atoms with Crippen LogP contribution in [0.4, 0.5) is 5.69 Å². The normalized spacial score (nSPS) is 11.5. The zero-order valence-corrected chi connectivity index (χ0v) is 24.3. The number of unbranched alkanes of at least 4 members (excludes halogenated alkanes) is 1. The molecule has 1 heterocycles. The first-order chi connectivity index (χ1) is 19.7. The van der Waals surface area contributed by atoms with Crippen LogP contribution in [0.5, 0.6) is 0 Å². The molecular formula is C30H25Cl2N3O5S. The fourth-order valence-corrected chi connectivity index (χ4v) is 6.31. The molecule has 0 aliphatic rings. The van der Waals surface area contributed by atoms with E-state index in [1.165, 1.54) is 18.2 Å². The number of aromatic nitrogens is 2. The average molecular weight is 611 g/mol. The summed E-state index contributed by atoms with van der Waals surface area (Å²) in [5.41, 5.74) is 1.82. The first-order valence-corrected chi connectivity index (χ1v) is 15.0. The summed E-state index contributed by atoms with van der Waals surface area (Å²) in [7, 11) is -4.24. The van der Waals surface area contributed by atoms with E-state index >= 15 is 0 Å². The summed E-state index contributed by atoms with van der Waals surface area (Å²) in [6.45, 7) is 1.65. The molecule has 0 fully saturated rings. The Labute approximate surface area is 247 Å². The van der Waals surface area contributed by atoms with Crippen molar-refractivity contribution >= 4 is 55.7 Å². The Balaban J connectivity index is 1.49. The molecule has 41 heavy (non-hydrogen) atoms. The smallest absolute Gasteiger partial charge is 0.326 e. The van der Waals surface area contributed by atoms with E-state index in [0.717, 1.165) is 27.1 Å². The molecule has 0 aliphatic heterocycles. The molecule has 0 amide bonds. The van der Waals surface area contributed by atoms with Crippen LogP contribution < -0.4 is 4.31 Å². The second-order valence-corrected chi connectivity index (χ2v) is 12.0. The Morgan fingerprint density at radius 2 is 1.61 bits per heavy atom. The topological polar surface area (TPSA) is 103 Å². The maximum absolute atomic E-state index is 13.8. The molecule has 0 unspecified atom stereocenters. The summed E-state index contributed by atoms with van der Waals surface area (Å²) >= 11 is 12.2. The van der Waals surface area contributed by atoms with Crippen LogP contribution in [-0.4, -0.2) is 37.7 Å². The zero-order chi connectivity index (χ0) is 29.0. The number of carbonyl (C=O) groups is 1. The molecule has 0 spiro atoms. The lowest BCUT2D eigenvalue weighted by Crippen LogP contribution is -2.36. The van der Waals surface area contributed by atoms with Crippen molar-refractivity contribution in [2.45, 2.75) is 24.7 Å². The summed E-state index contributed by atoms with van der Waals surface area (Å²) in [5, 5.41) is 5.93. The standard InChI is InChI=1S/C30H25Cl2N3O5S/c1-2-3-13-39-28(36)19-35(41(37,38)27-17-24(31)16-25(32)18-27)26-12-11-21-14-23(10-9-22(21)15-26)30-33-29(34-40-30)20-7-5-4-6-8-20/h4-12,14-18H,2-3,13,19H2,1H3. The minimum Gasteiger partial charge on any atom is -0.464 e. The second kappa shape index (κ2) is 12.3. The van der Waals surface area contributed by atoms with E-state index in [1.807, 2.05) is 55.5 Å². The van der Waals surface area contributed by atoms with E-state index < -0.39 is 22.5 Å². The Morgan fingerprint density at radius 3 is 2.34 bits per heavy atom. The van der Waals surface area contributed by atoms with Crippen LogP contribution in [0.1, 0.15) is 19.8 Å². The second-order valence-electron chi connectivity index (χ2n) is 9.23. The van der Waals surface area contributed by atoms with Gasteiger partial charge in [0.25, 0.3) is 15.9 Å². The molecule has 1 aromatic heterocycles. The van der Waals surface area contributed by atoms with Crippen LogP contribution >= 0.6 is 23.2 Å². The number of carbonyl (C=O) groups excluding carboxylic acids is 1. The monoisotopic (exact) mass is 609 g/mol. The number of fused-ring (bicyclic) bond motifs is 1. The first kappa shape index (κ1) is 28.6.